The molecule has 5 nitrogen and oxygen atoms in total. The van der Waals surface area contributed by atoms with Crippen LogP contribution in [0.15, 0.2) is 12.3 Å². The number of aromatic nitrogens is 2. The Morgan fingerprint density at radius 2 is 2.18 bits per heavy atom. The van der Waals surface area contributed by atoms with Crippen LogP contribution in [0.25, 0.3) is 0 Å². The van der Waals surface area contributed by atoms with E-state index in [1.807, 2.05) is 16.9 Å². The fraction of sp³-hybridized carbons (Fsp3) is 0.727. The van der Waals surface area contributed by atoms with Gasteiger partial charge in [0.1, 0.15) is 9.84 Å². The second-order valence-electron chi connectivity index (χ2n) is 4.60. The molecule has 0 aliphatic carbocycles. The van der Waals surface area contributed by atoms with E-state index in [9.17, 15) is 8.42 Å². The third-order valence-corrected chi connectivity index (χ3v) is 3.73. The van der Waals surface area contributed by atoms with Gasteiger partial charge in [-0.25, -0.2) is 8.42 Å². The number of rotatable bonds is 6. The molecule has 1 rings (SSSR count). The molecule has 0 radical (unpaired) electrons. The van der Waals surface area contributed by atoms with Crippen LogP contribution in [0.2, 0.25) is 0 Å². The summed E-state index contributed by atoms with van der Waals surface area (Å²) in [6.45, 7) is 4.19. The third kappa shape index (κ3) is 4.87. The predicted molar refractivity (Wildman–Crippen MR) is 68.6 cm³/mol. The second kappa shape index (κ2) is 5.64. The van der Waals surface area contributed by atoms with E-state index < -0.39 is 9.84 Å². The van der Waals surface area contributed by atoms with Crippen molar-refractivity contribution in [2.75, 3.05) is 12.0 Å². The number of sulfone groups is 1. The Morgan fingerprint density at radius 1 is 1.53 bits per heavy atom. The lowest BCUT2D eigenvalue weighted by atomic mass is 10.2. The summed E-state index contributed by atoms with van der Waals surface area (Å²) in [5.41, 5.74) is 6.63. The van der Waals surface area contributed by atoms with Gasteiger partial charge in [-0.15, -0.1) is 0 Å². The molecule has 2 atom stereocenters. The van der Waals surface area contributed by atoms with E-state index in [0.717, 1.165) is 12.1 Å². The molecule has 0 saturated carbocycles. The zero-order valence-electron chi connectivity index (χ0n) is 10.6. The van der Waals surface area contributed by atoms with Crippen LogP contribution in [-0.4, -0.2) is 36.2 Å². The fourth-order valence-corrected chi connectivity index (χ4v) is 2.53. The van der Waals surface area contributed by atoms with E-state index in [-0.39, 0.29) is 11.8 Å². The van der Waals surface area contributed by atoms with Gasteiger partial charge in [-0.05, 0) is 19.4 Å². The van der Waals surface area contributed by atoms with Gasteiger partial charge in [-0.2, -0.15) is 5.10 Å². The van der Waals surface area contributed by atoms with Crippen LogP contribution in [0, 0.1) is 0 Å². The molecule has 0 spiro atoms. The summed E-state index contributed by atoms with van der Waals surface area (Å²) in [6, 6.07) is 1.87. The molecule has 0 fully saturated rings. The second-order valence-corrected chi connectivity index (χ2v) is 6.79. The number of nitrogens with zero attached hydrogens (tertiary/aromatic N) is 2. The van der Waals surface area contributed by atoms with Gasteiger partial charge in [0, 0.05) is 31.0 Å². The van der Waals surface area contributed by atoms with Crippen molar-refractivity contribution < 1.29 is 8.42 Å². The molecule has 0 aliphatic heterocycles. The molecule has 98 valence electrons. The molecule has 0 bridgehead atoms. The molecule has 2 unspecified atom stereocenters. The van der Waals surface area contributed by atoms with Crippen molar-refractivity contribution >= 4 is 9.84 Å². The van der Waals surface area contributed by atoms with E-state index in [2.05, 4.69) is 18.9 Å². The standard InChI is InChI=1S/C11H21N3O2S/c1-4-9(2)14-6-5-11(13-14)7-10(12)8-17(3,15)16/h5-6,9-10H,4,7-8,12H2,1-3H3. The van der Waals surface area contributed by atoms with Crippen LogP contribution in [0.3, 0.4) is 0 Å². The number of hydrogen-bond donors (Lipinski definition) is 1. The van der Waals surface area contributed by atoms with Gasteiger partial charge in [0.2, 0.25) is 0 Å². The van der Waals surface area contributed by atoms with Crippen molar-refractivity contribution in [1.82, 2.24) is 9.78 Å². The lowest BCUT2D eigenvalue weighted by molar-refractivity contribution is 0.472. The van der Waals surface area contributed by atoms with Gasteiger partial charge >= 0.3 is 0 Å². The highest BCUT2D eigenvalue weighted by Crippen LogP contribution is 2.10. The highest BCUT2D eigenvalue weighted by Gasteiger charge is 2.13. The van der Waals surface area contributed by atoms with Crippen LogP contribution in [0.4, 0.5) is 0 Å². The topological polar surface area (TPSA) is 78.0 Å². The summed E-state index contributed by atoms with van der Waals surface area (Å²) in [5.74, 6) is 0.00317. The Balaban J connectivity index is 2.60. The minimum Gasteiger partial charge on any atom is -0.326 e. The number of hydrogen-bond acceptors (Lipinski definition) is 4. The molecule has 1 heterocycles. The van der Waals surface area contributed by atoms with Gasteiger partial charge in [-0.1, -0.05) is 6.92 Å². The van der Waals surface area contributed by atoms with Crippen LogP contribution in [-0.2, 0) is 16.3 Å². The van der Waals surface area contributed by atoms with Gasteiger partial charge in [0.25, 0.3) is 0 Å². The maximum Gasteiger partial charge on any atom is 0.148 e. The lowest BCUT2D eigenvalue weighted by Crippen LogP contribution is -2.31. The Labute approximate surface area is 103 Å². The summed E-state index contributed by atoms with van der Waals surface area (Å²) in [7, 11) is -3.02. The normalized spacial score (nSPS) is 15.8. The maximum absolute atomic E-state index is 11.1. The Hall–Kier alpha value is -0.880. The van der Waals surface area contributed by atoms with Crippen molar-refractivity contribution in [3.63, 3.8) is 0 Å². The lowest BCUT2D eigenvalue weighted by Gasteiger charge is -2.10. The summed E-state index contributed by atoms with van der Waals surface area (Å²) >= 11 is 0. The van der Waals surface area contributed by atoms with Gasteiger partial charge in [0.05, 0.1) is 11.4 Å². The zero-order chi connectivity index (χ0) is 13.1. The molecule has 0 aliphatic rings. The summed E-state index contributed by atoms with van der Waals surface area (Å²) in [4.78, 5) is 0. The smallest absolute Gasteiger partial charge is 0.148 e. The monoisotopic (exact) mass is 259 g/mol. The summed E-state index contributed by atoms with van der Waals surface area (Å²) in [6.07, 6.45) is 4.62. The van der Waals surface area contributed by atoms with Crippen LogP contribution in [0.5, 0.6) is 0 Å². The maximum atomic E-state index is 11.1. The first-order chi connectivity index (χ1) is 7.81. The summed E-state index contributed by atoms with van der Waals surface area (Å²) < 4.78 is 24.1. The Kier molecular flexibility index (Phi) is 4.70. The molecule has 0 aromatic carbocycles. The van der Waals surface area contributed by atoms with E-state index in [1.165, 1.54) is 6.26 Å². The molecule has 1 aromatic heterocycles. The van der Waals surface area contributed by atoms with Crippen molar-refractivity contribution in [1.29, 1.82) is 0 Å². The van der Waals surface area contributed by atoms with E-state index >= 15 is 0 Å². The van der Waals surface area contributed by atoms with Gasteiger partial charge < -0.3 is 5.73 Å². The molecule has 2 N–H and O–H groups in total. The first-order valence-corrected chi connectivity index (χ1v) is 7.85. The average molecular weight is 259 g/mol. The number of nitrogens with two attached hydrogens (primary N) is 1. The van der Waals surface area contributed by atoms with Crippen LogP contribution < -0.4 is 5.73 Å². The van der Waals surface area contributed by atoms with Crippen molar-refractivity contribution in [3.8, 4) is 0 Å². The molecular formula is C11H21N3O2S. The molecule has 17 heavy (non-hydrogen) atoms. The van der Waals surface area contributed by atoms with E-state index in [1.54, 1.807) is 0 Å². The summed E-state index contributed by atoms with van der Waals surface area (Å²) in [5, 5.41) is 4.39. The minimum atomic E-state index is -3.02. The third-order valence-electron chi connectivity index (χ3n) is 2.69. The Bertz CT molecular complexity index is 453. The first-order valence-electron chi connectivity index (χ1n) is 5.79. The van der Waals surface area contributed by atoms with E-state index in [4.69, 9.17) is 5.73 Å². The quantitative estimate of drug-likeness (QED) is 0.818. The first kappa shape index (κ1) is 14.2. The minimum absolute atomic E-state index is 0.00317. The van der Waals surface area contributed by atoms with Crippen molar-refractivity contribution in [2.24, 2.45) is 5.73 Å². The largest absolute Gasteiger partial charge is 0.326 e. The SMILES string of the molecule is CCC(C)n1ccc(CC(N)CS(C)(=O)=O)n1. The fourth-order valence-electron chi connectivity index (χ4n) is 1.64. The van der Waals surface area contributed by atoms with Gasteiger partial charge in [0.15, 0.2) is 0 Å². The molecule has 6 heteroatoms. The molecular weight excluding hydrogens is 238 g/mol. The van der Waals surface area contributed by atoms with Crippen LogP contribution >= 0.6 is 0 Å². The van der Waals surface area contributed by atoms with Gasteiger partial charge in [-0.3, -0.25) is 4.68 Å². The Morgan fingerprint density at radius 3 is 2.71 bits per heavy atom. The molecule has 0 amide bonds. The predicted octanol–water partition coefficient (Wildman–Crippen LogP) is 0.769. The molecule has 1 aromatic rings. The highest BCUT2D eigenvalue weighted by molar-refractivity contribution is 7.90. The highest BCUT2D eigenvalue weighted by atomic mass is 32.2. The zero-order valence-corrected chi connectivity index (χ0v) is 11.4. The van der Waals surface area contributed by atoms with Crippen molar-refractivity contribution in [3.05, 3.63) is 18.0 Å². The average Bonchev–Trinajstić information content (AvgIpc) is 2.62. The van der Waals surface area contributed by atoms with Crippen LogP contribution in [0.1, 0.15) is 32.0 Å². The molecule has 0 saturated heterocycles. The van der Waals surface area contributed by atoms with Crippen molar-refractivity contribution in [2.45, 2.75) is 38.8 Å². The van der Waals surface area contributed by atoms with E-state index in [0.29, 0.717) is 12.5 Å².